The van der Waals surface area contributed by atoms with Crippen LogP contribution < -0.4 is 5.32 Å². The van der Waals surface area contributed by atoms with Crippen molar-refractivity contribution in [2.45, 2.75) is 13.3 Å². The number of carbonyl (C=O) groups is 1. The van der Waals surface area contributed by atoms with E-state index in [4.69, 9.17) is 0 Å². The maximum atomic E-state index is 11.9. The second-order valence-electron chi connectivity index (χ2n) is 3.76. The summed E-state index contributed by atoms with van der Waals surface area (Å²) in [5.74, 6) is 0.394. The van der Waals surface area contributed by atoms with E-state index in [9.17, 15) is 4.79 Å². The lowest BCUT2D eigenvalue weighted by Gasteiger charge is -2.10. The second kappa shape index (κ2) is 5.54. The highest BCUT2D eigenvalue weighted by Crippen LogP contribution is 2.15. The van der Waals surface area contributed by atoms with Crippen molar-refractivity contribution in [1.29, 1.82) is 0 Å². The lowest BCUT2D eigenvalue weighted by atomic mass is 10.1. The molecule has 0 aliphatic carbocycles. The van der Waals surface area contributed by atoms with Gasteiger partial charge in [-0.2, -0.15) is 0 Å². The van der Waals surface area contributed by atoms with E-state index in [2.05, 4.69) is 15.3 Å². The molecule has 0 unspecified atom stereocenters. The smallest absolute Gasteiger partial charge is 0.228 e. The van der Waals surface area contributed by atoms with E-state index in [0.717, 1.165) is 6.42 Å². The minimum Gasteiger partial charge on any atom is -0.309 e. The molecule has 0 saturated carbocycles. The Balaban J connectivity index is 1.92. The molecule has 1 N–H and O–H groups in total. The predicted molar refractivity (Wildman–Crippen MR) is 67.8 cm³/mol. The molecule has 0 bridgehead atoms. The van der Waals surface area contributed by atoms with Crippen LogP contribution in [0, 0.1) is 5.92 Å². The van der Waals surface area contributed by atoms with Gasteiger partial charge in [0.05, 0.1) is 6.20 Å². The van der Waals surface area contributed by atoms with Gasteiger partial charge in [0, 0.05) is 23.2 Å². The van der Waals surface area contributed by atoms with Gasteiger partial charge in [0.2, 0.25) is 5.91 Å². The molecular formula is C12H13N3OS. The topological polar surface area (TPSA) is 54.9 Å². The molecule has 1 amide bonds. The molecule has 0 fully saturated rings. The zero-order chi connectivity index (χ0) is 12.1. The molecule has 0 radical (unpaired) electrons. The van der Waals surface area contributed by atoms with Crippen LogP contribution in [0.5, 0.6) is 0 Å². The first kappa shape index (κ1) is 11.7. The summed E-state index contributed by atoms with van der Waals surface area (Å²) < 4.78 is 0. The zero-order valence-electron chi connectivity index (χ0n) is 9.46. The van der Waals surface area contributed by atoms with E-state index in [0.29, 0.717) is 5.82 Å². The average molecular weight is 247 g/mol. The summed E-state index contributed by atoms with van der Waals surface area (Å²) in [5, 5.41) is 4.76. The van der Waals surface area contributed by atoms with Crippen molar-refractivity contribution in [1.82, 2.24) is 9.97 Å². The Kier molecular flexibility index (Phi) is 3.82. The summed E-state index contributed by atoms with van der Waals surface area (Å²) in [6, 6.07) is 4.03. The second-order valence-corrected chi connectivity index (χ2v) is 4.80. The number of thiophene rings is 1. The zero-order valence-corrected chi connectivity index (χ0v) is 10.3. The Labute approximate surface area is 104 Å². The average Bonchev–Trinajstić information content (AvgIpc) is 2.83. The van der Waals surface area contributed by atoms with Crippen molar-refractivity contribution >= 4 is 23.1 Å². The highest BCUT2D eigenvalue weighted by atomic mass is 32.1. The van der Waals surface area contributed by atoms with Crippen LogP contribution in [0.15, 0.2) is 36.1 Å². The molecule has 1 atom stereocenters. The van der Waals surface area contributed by atoms with Gasteiger partial charge in [-0.1, -0.05) is 13.0 Å². The minimum absolute atomic E-state index is 0.0288. The van der Waals surface area contributed by atoms with Crippen molar-refractivity contribution in [3.05, 3.63) is 41.0 Å². The van der Waals surface area contributed by atoms with Crippen molar-refractivity contribution in [3.63, 3.8) is 0 Å². The minimum atomic E-state index is -0.0735. The summed E-state index contributed by atoms with van der Waals surface area (Å²) in [6.45, 7) is 1.91. The first-order valence-corrected chi connectivity index (χ1v) is 6.23. The lowest BCUT2D eigenvalue weighted by Crippen LogP contribution is -2.22. The molecule has 4 nitrogen and oxygen atoms in total. The Hall–Kier alpha value is -1.75. The normalized spacial score (nSPS) is 12.1. The molecule has 0 spiro atoms. The number of carbonyl (C=O) groups excluding carboxylic acids is 1. The van der Waals surface area contributed by atoms with Gasteiger partial charge < -0.3 is 5.32 Å². The molecule has 88 valence electrons. The molecule has 0 aliphatic rings. The number of amides is 1. The number of aromatic nitrogens is 2. The lowest BCUT2D eigenvalue weighted by molar-refractivity contribution is -0.119. The van der Waals surface area contributed by atoms with Crippen molar-refractivity contribution in [2.75, 3.05) is 5.32 Å². The molecule has 17 heavy (non-hydrogen) atoms. The van der Waals surface area contributed by atoms with E-state index in [1.165, 1.54) is 11.1 Å². The first-order chi connectivity index (χ1) is 8.25. The fraction of sp³-hybridized carbons (Fsp3) is 0.250. The van der Waals surface area contributed by atoms with Crippen LogP contribution in [0.4, 0.5) is 5.82 Å². The first-order valence-electron chi connectivity index (χ1n) is 5.35. The molecule has 2 heterocycles. The van der Waals surface area contributed by atoms with Gasteiger partial charge in [0.1, 0.15) is 0 Å². The summed E-state index contributed by atoms with van der Waals surface area (Å²) in [7, 11) is 0. The Bertz CT molecular complexity index is 470. The Morgan fingerprint density at radius 2 is 2.41 bits per heavy atom. The molecule has 2 aromatic heterocycles. The number of nitrogens with zero attached hydrogens (tertiary/aromatic N) is 2. The van der Waals surface area contributed by atoms with Crippen LogP contribution in [0.1, 0.15) is 11.8 Å². The Morgan fingerprint density at radius 3 is 3.06 bits per heavy atom. The van der Waals surface area contributed by atoms with Gasteiger partial charge in [-0.3, -0.25) is 9.78 Å². The van der Waals surface area contributed by atoms with Gasteiger partial charge >= 0.3 is 0 Å². The van der Waals surface area contributed by atoms with Gasteiger partial charge in [-0.25, -0.2) is 4.98 Å². The van der Waals surface area contributed by atoms with Crippen molar-refractivity contribution in [3.8, 4) is 0 Å². The van der Waals surface area contributed by atoms with Crippen LogP contribution in [0.2, 0.25) is 0 Å². The number of hydrogen-bond acceptors (Lipinski definition) is 4. The molecule has 2 rings (SSSR count). The largest absolute Gasteiger partial charge is 0.309 e. The third kappa shape index (κ3) is 3.35. The van der Waals surface area contributed by atoms with E-state index < -0.39 is 0 Å². The summed E-state index contributed by atoms with van der Waals surface area (Å²) in [5.41, 5.74) is 0. The van der Waals surface area contributed by atoms with Crippen LogP contribution in [-0.4, -0.2) is 15.9 Å². The van der Waals surface area contributed by atoms with Crippen LogP contribution in [0.3, 0.4) is 0 Å². The molecule has 0 saturated heterocycles. The number of nitrogens with one attached hydrogen (secondary N) is 1. The number of hydrogen-bond donors (Lipinski definition) is 1. The number of anilines is 1. The molecular weight excluding hydrogens is 234 g/mol. The quantitative estimate of drug-likeness (QED) is 0.902. The molecule has 2 aromatic rings. The number of rotatable bonds is 4. The fourth-order valence-electron chi connectivity index (χ4n) is 1.44. The van der Waals surface area contributed by atoms with Crippen molar-refractivity contribution in [2.24, 2.45) is 5.92 Å². The maximum Gasteiger partial charge on any atom is 0.228 e. The van der Waals surface area contributed by atoms with Crippen molar-refractivity contribution < 1.29 is 4.79 Å². The standard InChI is InChI=1S/C12H13N3OS/c1-9(7-10-3-2-6-17-10)12(16)15-11-8-13-4-5-14-11/h2-6,8-9H,7H2,1H3,(H,14,15,16)/t9-/m1/s1. The summed E-state index contributed by atoms with van der Waals surface area (Å²) in [6.07, 6.45) is 5.42. The summed E-state index contributed by atoms with van der Waals surface area (Å²) >= 11 is 1.67. The van der Waals surface area contributed by atoms with E-state index in [1.54, 1.807) is 23.7 Å². The van der Waals surface area contributed by atoms with E-state index >= 15 is 0 Å². The third-order valence-electron chi connectivity index (χ3n) is 2.35. The van der Waals surface area contributed by atoms with Gasteiger partial charge in [-0.05, 0) is 17.9 Å². The SMILES string of the molecule is C[C@H](Cc1cccs1)C(=O)Nc1cnccn1. The van der Waals surface area contributed by atoms with Gasteiger partial charge in [0.25, 0.3) is 0 Å². The van der Waals surface area contributed by atoms with E-state index in [-0.39, 0.29) is 11.8 Å². The maximum absolute atomic E-state index is 11.9. The van der Waals surface area contributed by atoms with Gasteiger partial charge in [0.15, 0.2) is 5.82 Å². The van der Waals surface area contributed by atoms with Crippen LogP contribution >= 0.6 is 11.3 Å². The highest BCUT2D eigenvalue weighted by molar-refractivity contribution is 7.09. The molecule has 0 aliphatic heterocycles. The molecule has 5 heteroatoms. The predicted octanol–water partition coefficient (Wildman–Crippen LogP) is 2.36. The van der Waals surface area contributed by atoms with Gasteiger partial charge in [-0.15, -0.1) is 11.3 Å². The van der Waals surface area contributed by atoms with Crippen LogP contribution in [-0.2, 0) is 11.2 Å². The fourth-order valence-corrected chi connectivity index (χ4v) is 2.27. The highest BCUT2D eigenvalue weighted by Gasteiger charge is 2.14. The summed E-state index contributed by atoms with van der Waals surface area (Å²) in [4.78, 5) is 21.0. The van der Waals surface area contributed by atoms with Crippen LogP contribution in [0.25, 0.3) is 0 Å². The Morgan fingerprint density at radius 1 is 1.53 bits per heavy atom. The van der Waals surface area contributed by atoms with E-state index in [1.807, 2.05) is 24.4 Å². The molecule has 0 aromatic carbocycles. The third-order valence-corrected chi connectivity index (χ3v) is 3.25. The monoisotopic (exact) mass is 247 g/mol.